The average molecular weight is 294 g/mol. The molecular formula is C19H34O2. The lowest BCUT2D eigenvalue weighted by atomic mass is 10.1. The molecule has 0 amide bonds. The molecule has 0 atom stereocenters. The maximum Gasteiger partial charge on any atom is 0.305 e. The third-order valence-corrected chi connectivity index (χ3v) is 3.54. The number of methoxy groups -OCH3 is 1. The highest BCUT2D eigenvalue weighted by molar-refractivity contribution is 5.68. The Bertz CT molecular complexity index is 279. The van der Waals surface area contributed by atoms with Crippen LogP contribution in [-0.2, 0) is 9.53 Å². The SMILES string of the molecule is CCCC/C=C/CC/C=C\CCCCCCCC(=O)OC. The number of allylic oxidation sites excluding steroid dienone is 4. The van der Waals surface area contributed by atoms with Gasteiger partial charge in [-0.2, -0.15) is 0 Å². The highest BCUT2D eigenvalue weighted by Gasteiger charge is 1.98. The molecule has 0 unspecified atom stereocenters. The van der Waals surface area contributed by atoms with E-state index in [0.29, 0.717) is 6.42 Å². The molecule has 0 bridgehead atoms. The lowest BCUT2D eigenvalue weighted by Crippen LogP contribution is -1.98. The van der Waals surface area contributed by atoms with Gasteiger partial charge in [0.1, 0.15) is 0 Å². The molecule has 0 aliphatic carbocycles. The Morgan fingerprint density at radius 1 is 0.762 bits per heavy atom. The lowest BCUT2D eigenvalue weighted by molar-refractivity contribution is -0.140. The number of carbonyl (C=O) groups excluding carboxylic acids is 1. The van der Waals surface area contributed by atoms with Gasteiger partial charge in [0.05, 0.1) is 7.11 Å². The smallest absolute Gasteiger partial charge is 0.305 e. The summed E-state index contributed by atoms with van der Waals surface area (Å²) in [6.07, 6.45) is 23.0. The third-order valence-electron chi connectivity index (χ3n) is 3.54. The van der Waals surface area contributed by atoms with E-state index in [2.05, 4.69) is 36.0 Å². The Labute approximate surface area is 131 Å². The van der Waals surface area contributed by atoms with Crippen LogP contribution in [0.2, 0.25) is 0 Å². The van der Waals surface area contributed by atoms with Crippen molar-refractivity contribution >= 4 is 5.97 Å². The van der Waals surface area contributed by atoms with Gasteiger partial charge in [-0.1, -0.05) is 63.3 Å². The summed E-state index contributed by atoms with van der Waals surface area (Å²) in [5, 5.41) is 0. The van der Waals surface area contributed by atoms with E-state index in [9.17, 15) is 4.79 Å². The molecule has 0 N–H and O–H groups in total. The van der Waals surface area contributed by atoms with Gasteiger partial charge in [0.25, 0.3) is 0 Å². The predicted octanol–water partition coefficient (Wildman–Crippen LogP) is 5.97. The van der Waals surface area contributed by atoms with Crippen LogP contribution in [0.4, 0.5) is 0 Å². The van der Waals surface area contributed by atoms with Gasteiger partial charge in [-0.25, -0.2) is 0 Å². The van der Waals surface area contributed by atoms with E-state index in [0.717, 1.165) is 12.8 Å². The van der Waals surface area contributed by atoms with Gasteiger partial charge in [-0.15, -0.1) is 0 Å². The standard InChI is InChI=1S/C19H34O2/c1-3-4-5-6-7-8-9-10-11-12-13-14-15-16-17-18-19(20)21-2/h6-7,10-11H,3-5,8-9,12-18H2,1-2H3/b7-6+,11-10-. The first-order chi connectivity index (χ1) is 10.3. The van der Waals surface area contributed by atoms with E-state index in [1.54, 1.807) is 0 Å². The molecule has 21 heavy (non-hydrogen) atoms. The van der Waals surface area contributed by atoms with E-state index < -0.39 is 0 Å². The molecule has 0 aliphatic rings. The van der Waals surface area contributed by atoms with E-state index >= 15 is 0 Å². The lowest BCUT2D eigenvalue weighted by Gasteiger charge is -2.00. The first kappa shape index (κ1) is 19.9. The Morgan fingerprint density at radius 3 is 1.90 bits per heavy atom. The number of hydrogen-bond donors (Lipinski definition) is 0. The number of rotatable bonds is 14. The second-order valence-corrected chi connectivity index (χ2v) is 5.54. The fraction of sp³-hybridized carbons (Fsp3) is 0.737. The summed E-state index contributed by atoms with van der Waals surface area (Å²) < 4.78 is 4.62. The minimum absolute atomic E-state index is 0.0818. The molecule has 0 aromatic heterocycles. The first-order valence-corrected chi connectivity index (χ1v) is 8.68. The van der Waals surface area contributed by atoms with E-state index in [-0.39, 0.29) is 5.97 Å². The van der Waals surface area contributed by atoms with Crippen molar-refractivity contribution in [3.63, 3.8) is 0 Å². The number of unbranched alkanes of at least 4 members (excludes halogenated alkanes) is 8. The van der Waals surface area contributed by atoms with Gasteiger partial charge in [0.2, 0.25) is 0 Å². The van der Waals surface area contributed by atoms with Gasteiger partial charge in [-0.05, 0) is 38.5 Å². The van der Waals surface area contributed by atoms with Crippen LogP contribution in [0.25, 0.3) is 0 Å². The predicted molar refractivity (Wildman–Crippen MR) is 91.4 cm³/mol. The quantitative estimate of drug-likeness (QED) is 0.224. The van der Waals surface area contributed by atoms with Gasteiger partial charge in [0, 0.05) is 6.42 Å². The van der Waals surface area contributed by atoms with Crippen LogP contribution in [-0.4, -0.2) is 13.1 Å². The Balaban J connectivity index is 3.18. The summed E-state index contributed by atoms with van der Waals surface area (Å²) in [5.74, 6) is -0.0818. The van der Waals surface area contributed by atoms with E-state index in [1.165, 1.54) is 64.9 Å². The number of ether oxygens (including phenoxy) is 1. The van der Waals surface area contributed by atoms with Crippen molar-refractivity contribution in [2.24, 2.45) is 0 Å². The average Bonchev–Trinajstić information content (AvgIpc) is 2.50. The molecule has 0 heterocycles. The Morgan fingerprint density at radius 2 is 1.29 bits per heavy atom. The summed E-state index contributed by atoms with van der Waals surface area (Å²) >= 11 is 0. The maximum absolute atomic E-state index is 10.9. The molecule has 0 aliphatic heterocycles. The highest BCUT2D eigenvalue weighted by atomic mass is 16.5. The molecule has 0 radical (unpaired) electrons. The molecule has 2 heteroatoms. The van der Waals surface area contributed by atoms with Crippen molar-refractivity contribution in [1.82, 2.24) is 0 Å². The zero-order chi connectivity index (χ0) is 15.6. The first-order valence-electron chi connectivity index (χ1n) is 8.68. The van der Waals surface area contributed by atoms with Gasteiger partial charge in [0.15, 0.2) is 0 Å². The monoisotopic (exact) mass is 294 g/mol. The van der Waals surface area contributed by atoms with Crippen molar-refractivity contribution < 1.29 is 9.53 Å². The third kappa shape index (κ3) is 16.9. The Hall–Kier alpha value is -1.05. The molecule has 0 rings (SSSR count). The van der Waals surface area contributed by atoms with Crippen LogP contribution >= 0.6 is 0 Å². The van der Waals surface area contributed by atoms with Crippen LogP contribution in [0.15, 0.2) is 24.3 Å². The minimum Gasteiger partial charge on any atom is -0.469 e. The molecule has 0 spiro atoms. The van der Waals surface area contributed by atoms with Crippen molar-refractivity contribution in [1.29, 1.82) is 0 Å². The molecule has 2 nitrogen and oxygen atoms in total. The van der Waals surface area contributed by atoms with E-state index in [1.807, 2.05) is 0 Å². The van der Waals surface area contributed by atoms with Crippen LogP contribution in [0, 0.1) is 0 Å². The molecular weight excluding hydrogens is 260 g/mol. The Kier molecular flexibility index (Phi) is 16.2. The zero-order valence-electron chi connectivity index (χ0n) is 14.1. The van der Waals surface area contributed by atoms with Crippen LogP contribution in [0.1, 0.15) is 84.0 Å². The van der Waals surface area contributed by atoms with Crippen molar-refractivity contribution in [2.45, 2.75) is 84.0 Å². The largest absolute Gasteiger partial charge is 0.469 e. The molecule has 0 fully saturated rings. The summed E-state index contributed by atoms with van der Waals surface area (Å²) in [6, 6.07) is 0. The van der Waals surface area contributed by atoms with Gasteiger partial charge in [-0.3, -0.25) is 4.79 Å². The van der Waals surface area contributed by atoms with Crippen molar-refractivity contribution in [3.8, 4) is 0 Å². The summed E-state index contributed by atoms with van der Waals surface area (Å²) in [7, 11) is 1.45. The van der Waals surface area contributed by atoms with Crippen molar-refractivity contribution in [2.75, 3.05) is 7.11 Å². The minimum atomic E-state index is -0.0818. The molecule has 122 valence electrons. The van der Waals surface area contributed by atoms with Crippen LogP contribution in [0.5, 0.6) is 0 Å². The van der Waals surface area contributed by atoms with Crippen LogP contribution < -0.4 is 0 Å². The highest BCUT2D eigenvalue weighted by Crippen LogP contribution is 2.08. The zero-order valence-corrected chi connectivity index (χ0v) is 14.1. The number of hydrogen-bond acceptors (Lipinski definition) is 2. The second kappa shape index (κ2) is 17.0. The number of esters is 1. The second-order valence-electron chi connectivity index (χ2n) is 5.54. The van der Waals surface area contributed by atoms with Gasteiger partial charge < -0.3 is 4.74 Å². The molecule has 0 saturated heterocycles. The summed E-state index contributed by atoms with van der Waals surface area (Å²) in [5.41, 5.74) is 0. The molecule has 0 saturated carbocycles. The normalized spacial score (nSPS) is 11.5. The maximum atomic E-state index is 10.9. The fourth-order valence-corrected chi connectivity index (χ4v) is 2.15. The summed E-state index contributed by atoms with van der Waals surface area (Å²) in [6.45, 7) is 2.23. The van der Waals surface area contributed by atoms with Crippen LogP contribution in [0.3, 0.4) is 0 Å². The van der Waals surface area contributed by atoms with E-state index in [4.69, 9.17) is 0 Å². The topological polar surface area (TPSA) is 26.3 Å². The van der Waals surface area contributed by atoms with Crippen molar-refractivity contribution in [3.05, 3.63) is 24.3 Å². The summed E-state index contributed by atoms with van der Waals surface area (Å²) in [4.78, 5) is 10.9. The molecule has 0 aromatic carbocycles. The van der Waals surface area contributed by atoms with Gasteiger partial charge >= 0.3 is 5.97 Å². The fourth-order valence-electron chi connectivity index (χ4n) is 2.15. The number of carbonyl (C=O) groups is 1. The molecule has 0 aromatic rings.